The fraction of sp³-hybridized carbons (Fsp3) is 0.684. The Kier molecular flexibility index (Phi) is 5.43. The van der Waals surface area contributed by atoms with Gasteiger partial charge in [0.15, 0.2) is 0 Å². The quantitative estimate of drug-likeness (QED) is 0.832. The van der Waals surface area contributed by atoms with Crippen LogP contribution in [0.5, 0.6) is 0 Å². The summed E-state index contributed by atoms with van der Waals surface area (Å²) in [4.78, 5) is 1.45. The van der Waals surface area contributed by atoms with Gasteiger partial charge in [-0.05, 0) is 68.5 Å². The summed E-state index contributed by atoms with van der Waals surface area (Å²) in [5.41, 5.74) is 9.23. The van der Waals surface area contributed by atoms with E-state index in [1.807, 2.05) is 0 Å². The predicted octanol–water partition coefficient (Wildman–Crippen LogP) is 5.19. The van der Waals surface area contributed by atoms with Gasteiger partial charge in [-0.1, -0.05) is 38.5 Å². The first-order chi connectivity index (χ1) is 9.81. The Balaban J connectivity index is 2.16. The lowest BCUT2D eigenvalue weighted by atomic mass is 9.69. The highest BCUT2D eigenvalue weighted by Gasteiger charge is 2.35. The normalized spacial score (nSPS) is 26.9. The highest BCUT2D eigenvalue weighted by Crippen LogP contribution is 2.46. The molecule has 1 saturated carbocycles. The summed E-state index contributed by atoms with van der Waals surface area (Å²) in [5, 5.41) is 0.675. The van der Waals surface area contributed by atoms with Crippen LogP contribution in [-0.2, 0) is 0 Å². The van der Waals surface area contributed by atoms with E-state index >= 15 is 0 Å². The fourth-order valence-corrected chi connectivity index (χ4v) is 4.99. The van der Waals surface area contributed by atoms with Crippen LogP contribution in [-0.4, -0.2) is 11.8 Å². The molecule has 2 heteroatoms. The van der Waals surface area contributed by atoms with E-state index in [9.17, 15) is 0 Å². The van der Waals surface area contributed by atoms with Gasteiger partial charge in [0.1, 0.15) is 0 Å². The Hall–Kier alpha value is -0.470. The van der Waals surface area contributed by atoms with Gasteiger partial charge in [0.05, 0.1) is 0 Å². The van der Waals surface area contributed by atoms with Crippen molar-refractivity contribution >= 4 is 11.8 Å². The highest BCUT2D eigenvalue weighted by molar-refractivity contribution is 8.00. The molecule has 1 fully saturated rings. The van der Waals surface area contributed by atoms with Gasteiger partial charge in [-0.2, -0.15) is 0 Å². The molecule has 0 bridgehead atoms. The van der Waals surface area contributed by atoms with Crippen molar-refractivity contribution in [3.8, 4) is 0 Å². The Morgan fingerprint density at radius 2 is 1.90 bits per heavy atom. The van der Waals surface area contributed by atoms with Crippen LogP contribution in [0.3, 0.4) is 0 Å². The summed E-state index contributed by atoms with van der Waals surface area (Å²) < 4.78 is 0. The Morgan fingerprint density at radius 3 is 2.52 bits per heavy atom. The van der Waals surface area contributed by atoms with Crippen molar-refractivity contribution in [1.82, 2.24) is 0 Å². The Morgan fingerprint density at radius 1 is 1.19 bits per heavy atom. The number of hydrogen-bond acceptors (Lipinski definition) is 2. The molecule has 0 heterocycles. The number of nitrogens with two attached hydrogens (primary N) is 1. The number of rotatable bonds is 3. The van der Waals surface area contributed by atoms with Crippen molar-refractivity contribution in [2.45, 2.75) is 64.0 Å². The topological polar surface area (TPSA) is 26.0 Å². The molecule has 0 spiro atoms. The van der Waals surface area contributed by atoms with Crippen LogP contribution in [0.15, 0.2) is 23.1 Å². The molecule has 1 aliphatic carbocycles. The summed E-state index contributed by atoms with van der Waals surface area (Å²) >= 11 is 2.08. The van der Waals surface area contributed by atoms with Gasteiger partial charge in [0.25, 0.3) is 0 Å². The lowest BCUT2D eigenvalue weighted by molar-refractivity contribution is 0.157. The SMILES string of the molecule is Cc1ccc(C)c(SC2CC(C(C)(C)C)CCC2CN)c1. The van der Waals surface area contributed by atoms with E-state index in [1.54, 1.807) is 0 Å². The molecule has 0 aromatic heterocycles. The summed E-state index contributed by atoms with van der Waals surface area (Å²) in [6.07, 6.45) is 3.94. The first kappa shape index (κ1) is 16.9. The molecule has 3 atom stereocenters. The van der Waals surface area contributed by atoms with E-state index in [4.69, 9.17) is 5.73 Å². The molecule has 0 aliphatic heterocycles. The van der Waals surface area contributed by atoms with Crippen molar-refractivity contribution in [2.75, 3.05) is 6.54 Å². The number of hydrogen-bond donors (Lipinski definition) is 1. The monoisotopic (exact) mass is 305 g/mol. The van der Waals surface area contributed by atoms with Crippen molar-refractivity contribution in [1.29, 1.82) is 0 Å². The second-order valence-electron chi connectivity index (χ2n) is 7.80. The third-order valence-corrected chi connectivity index (χ3v) is 6.65. The van der Waals surface area contributed by atoms with Gasteiger partial charge >= 0.3 is 0 Å². The molecule has 0 amide bonds. The third-order valence-electron chi connectivity index (χ3n) is 5.08. The van der Waals surface area contributed by atoms with Gasteiger partial charge in [-0.3, -0.25) is 0 Å². The van der Waals surface area contributed by atoms with Crippen LogP contribution in [0, 0.1) is 31.1 Å². The largest absolute Gasteiger partial charge is 0.330 e. The summed E-state index contributed by atoms with van der Waals surface area (Å²) in [7, 11) is 0. The lowest BCUT2D eigenvalue weighted by Gasteiger charge is -2.41. The van der Waals surface area contributed by atoms with Crippen molar-refractivity contribution in [2.24, 2.45) is 23.0 Å². The minimum atomic E-state index is 0.417. The molecule has 1 aliphatic rings. The van der Waals surface area contributed by atoms with Crippen LogP contribution in [0.1, 0.15) is 51.2 Å². The maximum Gasteiger partial charge on any atom is 0.0138 e. The zero-order valence-electron chi connectivity index (χ0n) is 14.3. The zero-order valence-corrected chi connectivity index (χ0v) is 15.1. The molecular weight excluding hydrogens is 274 g/mol. The standard InChI is InChI=1S/C19H31NS/c1-13-6-7-14(2)17(10-13)21-18-11-16(19(3,4)5)9-8-15(18)12-20/h6-7,10,15-16,18H,8-9,11-12,20H2,1-5H3. The van der Waals surface area contributed by atoms with Crippen LogP contribution < -0.4 is 5.73 Å². The molecule has 0 saturated heterocycles. The second-order valence-corrected chi connectivity index (χ2v) is 9.08. The van der Waals surface area contributed by atoms with Crippen molar-refractivity contribution < 1.29 is 0 Å². The van der Waals surface area contributed by atoms with Gasteiger partial charge in [-0.15, -0.1) is 11.8 Å². The summed E-state index contributed by atoms with van der Waals surface area (Å²) in [5.74, 6) is 1.50. The summed E-state index contributed by atoms with van der Waals surface area (Å²) in [6.45, 7) is 12.4. The molecule has 21 heavy (non-hydrogen) atoms. The van der Waals surface area contributed by atoms with E-state index in [-0.39, 0.29) is 0 Å². The molecule has 2 N–H and O–H groups in total. The lowest BCUT2D eigenvalue weighted by Crippen LogP contribution is -2.36. The number of benzene rings is 1. The van der Waals surface area contributed by atoms with Crippen LogP contribution >= 0.6 is 11.8 Å². The molecule has 0 radical (unpaired) electrons. The van der Waals surface area contributed by atoms with Gasteiger partial charge < -0.3 is 5.73 Å². The van der Waals surface area contributed by atoms with Crippen LogP contribution in [0.25, 0.3) is 0 Å². The summed E-state index contributed by atoms with van der Waals surface area (Å²) in [6, 6.07) is 6.80. The molecule has 2 rings (SSSR count). The Bertz CT molecular complexity index is 475. The smallest absolute Gasteiger partial charge is 0.0138 e. The van der Waals surface area contributed by atoms with Crippen LogP contribution in [0.2, 0.25) is 0 Å². The maximum absolute atomic E-state index is 6.06. The van der Waals surface area contributed by atoms with E-state index in [0.717, 1.165) is 12.5 Å². The minimum absolute atomic E-state index is 0.417. The molecule has 1 nitrogen and oxygen atoms in total. The van der Waals surface area contributed by atoms with Crippen molar-refractivity contribution in [3.63, 3.8) is 0 Å². The number of aryl methyl sites for hydroxylation is 2. The van der Waals surface area contributed by atoms with Crippen molar-refractivity contribution in [3.05, 3.63) is 29.3 Å². The molecule has 1 aromatic rings. The maximum atomic E-state index is 6.06. The van der Waals surface area contributed by atoms with Crippen LogP contribution in [0.4, 0.5) is 0 Å². The van der Waals surface area contributed by atoms with Gasteiger partial charge in [-0.25, -0.2) is 0 Å². The third kappa shape index (κ3) is 4.26. The van der Waals surface area contributed by atoms with E-state index in [1.165, 1.54) is 35.3 Å². The Labute approximate surface area is 135 Å². The number of thioether (sulfide) groups is 1. The molecule has 1 aromatic carbocycles. The highest BCUT2D eigenvalue weighted by atomic mass is 32.2. The van der Waals surface area contributed by atoms with E-state index in [2.05, 4.69) is 64.6 Å². The second kappa shape index (κ2) is 6.75. The van der Waals surface area contributed by atoms with E-state index in [0.29, 0.717) is 16.6 Å². The molecular formula is C19H31NS. The minimum Gasteiger partial charge on any atom is -0.330 e. The van der Waals surface area contributed by atoms with Gasteiger partial charge in [0.2, 0.25) is 0 Å². The first-order valence-corrected chi connectivity index (χ1v) is 9.13. The molecule has 118 valence electrons. The average molecular weight is 306 g/mol. The van der Waals surface area contributed by atoms with E-state index < -0.39 is 0 Å². The van der Waals surface area contributed by atoms with Gasteiger partial charge in [0, 0.05) is 10.1 Å². The predicted molar refractivity (Wildman–Crippen MR) is 94.9 cm³/mol. The fourth-order valence-electron chi connectivity index (χ4n) is 3.39. The molecule has 3 unspecified atom stereocenters. The average Bonchev–Trinajstić information content (AvgIpc) is 2.42. The first-order valence-electron chi connectivity index (χ1n) is 8.25. The zero-order chi connectivity index (χ0) is 15.6.